The number of rotatable bonds is 6. The molecule has 1 saturated heterocycles. The van der Waals surface area contributed by atoms with E-state index in [0.29, 0.717) is 18.9 Å². The van der Waals surface area contributed by atoms with E-state index in [2.05, 4.69) is 4.90 Å². The van der Waals surface area contributed by atoms with Gasteiger partial charge in [0.25, 0.3) is 0 Å². The predicted molar refractivity (Wildman–Crippen MR) is 70.3 cm³/mol. The average molecular weight is 266 g/mol. The monoisotopic (exact) mass is 266 g/mol. The van der Waals surface area contributed by atoms with E-state index in [0.717, 1.165) is 19.4 Å². The Morgan fingerprint density at radius 2 is 2.26 bits per heavy atom. The van der Waals surface area contributed by atoms with Crippen molar-refractivity contribution in [3.8, 4) is 5.75 Å². The van der Waals surface area contributed by atoms with Gasteiger partial charge in [0, 0.05) is 18.7 Å². The molecule has 1 aromatic rings. The quantitative estimate of drug-likeness (QED) is 0.622. The van der Waals surface area contributed by atoms with Gasteiger partial charge in [0.2, 0.25) is 0 Å². The molecule has 19 heavy (non-hydrogen) atoms. The molecule has 6 heteroatoms. The number of aliphatic hydroxyl groups is 1. The van der Waals surface area contributed by atoms with Gasteiger partial charge in [-0.05, 0) is 25.5 Å². The van der Waals surface area contributed by atoms with Crippen LogP contribution in [0.15, 0.2) is 24.3 Å². The smallest absolute Gasteiger partial charge is 0.310 e. The summed E-state index contributed by atoms with van der Waals surface area (Å²) < 4.78 is 5.49. The third-order valence-electron chi connectivity index (χ3n) is 3.41. The van der Waals surface area contributed by atoms with Crippen LogP contribution in [0, 0.1) is 10.1 Å². The fourth-order valence-electron chi connectivity index (χ4n) is 2.40. The highest BCUT2D eigenvalue weighted by atomic mass is 16.6. The lowest BCUT2D eigenvalue weighted by atomic mass is 10.2. The summed E-state index contributed by atoms with van der Waals surface area (Å²) in [6, 6.07) is 6.57. The Labute approximate surface area is 111 Å². The van der Waals surface area contributed by atoms with E-state index in [-0.39, 0.29) is 18.3 Å². The average Bonchev–Trinajstić information content (AvgIpc) is 2.86. The van der Waals surface area contributed by atoms with Gasteiger partial charge in [-0.15, -0.1) is 0 Å². The first-order valence-electron chi connectivity index (χ1n) is 6.43. The fourth-order valence-corrected chi connectivity index (χ4v) is 2.40. The third-order valence-corrected chi connectivity index (χ3v) is 3.41. The van der Waals surface area contributed by atoms with Crippen molar-refractivity contribution in [2.24, 2.45) is 0 Å². The molecule has 0 bridgehead atoms. The minimum absolute atomic E-state index is 0.0115. The van der Waals surface area contributed by atoms with Gasteiger partial charge >= 0.3 is 5.69 Å². The van der Waals surface area contributed by atoms with Crippen molar-refractivity contribution in [1.82, 2.24) is 4.90 Å². The van der Waals surface area contributed by atoms with E-state index in [1.54, 1.807) is 18.2 Å². The zero-order valence-corrected chi connectivity index (χ0v) is 10.7. The second kappa shape index (κ2) is 6.49. The number of nitro benzene ring substituents is 1. The van der Waals surface area contributed by atoms with Gasteiger partial charge in [0.1, 0.15) is 6.61 Å². The second-order valence-electron chi connectivity index (χ2n) is 4.59. The van der Waals surface area contributed by atoms with Crippen LogP contribution in [0.3, 0.4) is 0 Å². The van der Waals surface area contributed by atoms with Gasteiger partial charge in [-0.2, -0.15) is 0 Å². The number of hydrogen-bond donors (Lipinski definition) is 1. The summed E-state index contributed by atoms with van der Waals surface area (Å²) in [7, 11) is 0. The van der Waals surface area contributed by atoms with E-state index < -0.39 is 4.92 Å². The molecule has 1 aliphatic heterocycles. The molecule has 1 fully saturated rings. The highest BCUT2D eigenvalue weighted by Crippen LogP contribution is 2.26. The van der Waals surface area contributed by atoms with E-state index in [1.807, 2.05) is 0 Å². The number of ether oxygens (including phenoxy) is 1. The Hall–Kier alpha value is -1.66. The van der Waals surface area contributed by atoms with Gasteiger partial charge < -0.3 is 9.84 Å². The maximum absolute atomic E-state index is 10.8. The number of nitrogens with zero attached hydrogens (tertiary/aromatic N) is 2. The van der Waals surface area contributed by atoms with Crippen LogP contribution in [-0.4, -0.2) is 47.3 Å². The standard InChI is InChI=1S/C13H18N2O4/c16-10-11-4-3-7-14(11)8-9-19-13-6-2-1-5-12(13)15(17)18/h1-2,5-6,11,16H,3-4,7-10H2. The van der Waals surface area contributed by atoms with Gasteiger partial charge in [-0.3, -0.25) is 15.0 Å². The number of hydrogen-bond acceptors (Lipinski definition) is 5. The number of nitro groups is 1. The van der Waals surface area contributed by atoms with Gasteiger partial charge in [0.15, 0.2) is 5.75 Å². The Balaban J connectivity index is 1.87. The molecular weight excluding hydrogens is 248 g/mol. The Morgan fingerprint density at radius 3 is 3.00 bits per heavy atom. The molecule has 0 amide bonds. The van der Waals surface area contributed by atoms with Crippen molar-refractivity contribution in [2.75, 3.05) is 26.3 Å². The highest BCUT2D eigenvalue weighted by Gasteiger charge is 2.23. The normalized spacial score (nSPS) is 19.5. The lowest BCUT2D eigenvalue weighted by Gasteiger charge is -2.22. The lowest BCUT2D eigenvalue weighted by Crippen LogP contribution is -2.35. The van der Waals surface area contributed by atoms with Gasteiger partial charge in [-0.1, -0.05) is 12.1 Å². The minimum Gasteiger partial charge on any atom is -0.485 e. The van der Waals surface area contributed by atoms with Crippen LogP contribution in [0.4, 0.5) is 5.69 Å². The lowest BCUT2D eigenvalue weighted by molar-refractivity contribution is -0.385. The van der Waals surface area contributed by atoms with Gasteiger partial charge in [-0.25, -0.2) is 0 Å². The van der Waals surface area contributed by atoms with Crippen molar-refractivity contribution >= 4 is 5.69 Å². The molecule has 104 valence electrons. The highest BCUT2D eigenvalue weighted by molar-refractivity contribution is 5.45. The van der Waals surface area contributed by atoms with Crippen LogP contribution in [0.2, 0.25) is 0 Å². The summed E-state index contributed by atoms with van der Waals surface area (Å²) in [4.78, 5) is 12.5. The second-order valence-corrected chi connectivity index (χ2v) is 4.59. The molecule has 0 saturated carbocycles. The summed E-state index contributed by atoms with van der Waals surface area (Å²) in [6.07, 6.45) is 2.08. The molecule has 0 spiro atoms. The molecule has 1 N–H and O–H groups in total. The molecule has 1 aromatic carbocycles. The van der Waals surface area contributed by atoms with Gasteiger partial charge in [0.05, 0.1) is 11.5 Å². The largest absolute Gasteiger partial charge is 0.485 e. The Morgan fingerprint density at radius 1 is 1.47 bits per heavy atom. The van der Waals surface area contributed by atoms with Crippen LogP contribution in [0.25, 0.3) is 0 Å². The number of likely N-dealkylation sites (tertiary alicyclic amines) is 1. The molecule has 1 unspecified atom stereocenters. The third kappa shape index (κ3) is 3.42. The molecule has 1 atom stereocenters. The predicted octanol–water partition coefficient (Wildman–Crippen LogP) is 1.43. The topological polar surface area (TPSA) is 75.8 Å². The number of benzene rings is 1. The molecule has 1 heterocycles. The van der Waals surface area contributed by atoms with E-state index in [9.17, 15) is 15.2 Å². The van der Waals surface area contributed by atoms with Crippen molar-refractivity contribution in [1.29, 1.82) is 0 Å². The molecule has 0 aromatic heterocycles. The van der Waals surface area contributed by atoms with Crippen LogP contribution >= 0.6 is 0 Å². The van der Waals surface area contributed by atoms with Crippen molar-refractivity contribution < 1.29 is 14.8 Å². The first-order chi connectivity index (χ1) is 9.22. The van der Waals surface area contributed by atoms with E-state index >= 15 is 0 Å². The fraction of sp³-hybridized carbons (Fsp3) is 0.538. The van der Waals surface area contributed by atoms with E-state index in [4.69, 9.17) is 4.74 Å². The van der Waals surface area contributed by atoms with E-state index in [1.165, 1.54) is 6.07 Å². The summed E-state index contributed by atoms with van der Waals surface area (Å²) in [6.45, 7) is 2.18. The van der Waals surface area contributed by atoms with Crippen LogP contribution in [0.5, 0.6) is 5.75 Å². The molecule has 0 radical (unpaired) electrons. The SMILES string of the molecule is O=[N+]([O-])c1ccccc1OCCN1CCCC1CO. The van der Waals surface area contributed by atoms with Crippen LogP contribution < -0.4 is 4.74 Å². The molecule has 1 aliphatic rings. The zero-order valence-electron chi connectivity index (χ0n) is 10.7. The molecular formula is C13H18N2O4. The summed E-state index contributed by atoms with van der Waals surface area (Å²) in [5, 5.41) is 20.0. The molecule has 0 aliphatic carbocycles. The number of para-hydroxylation sites is 2. The molecule has 2 rings (SSSR count). The summed E-state index contributed by atoms with van der Waals surface area (Å²) >= 11 is 0. The first-order valence-corrected chi connectivity index (χ1v) is 6.43. The van der Waals surface area contributed by atoms with Crippen LogP contribution in [-0.2, 0) is 0 Å². The molecule has 6 nitrogen and oxygen atoms in total. The minimum atomic E-state index is -0.443. The number of aliphatic hydroxyl groups excluding tert-OH is 1. The maximum Gasteiger partial charge on any atom is 0.310 e. The van der Waals surface area contributed by atoms with Crippen molar-refractivity contribution in [3.63, 3.8) is 0 Å². The summed E-state index contributed by atoms with van der Waals surface area (Å²) in [5.41, 5.74) is -0.0115. The van der Waals surface area contributed by atoms with Crippen LogP contribution in [0.1, 0.15) is 12.8 Å². The van der Waals surface area contributed by atoms with Crippen molar-refractivity contribution in [3.05, 3.63) is 34.4 Å². The summed E-state index contributed by atoms with van der Waals surface area (Å²) in [5.74, 6) is 0.298. The Kier molecular flexibility index (Phi) is 4.70. The maximum atomic E-state index is 10.8. The zero-order chi connectivity index (χ0) is 13.7. The first kappa shape index (κ1) is 13.8. The van der Waals surface area contributed by atoms with Crippen molar-refractivity contribution in [2.45, 2.75) is 18.9 Å². The Bertz CT molecular complexity index is 438.